The van der Waals surface area contributed by atoms with Gasteiger partial charge in [0.2, 0.25) is 0 Å². The van der Waals surface area contributed by atoms with Crippen molar-refractivity contribution in [2.45, 2.75) is 64.7 Å². The van der Waals surface area contributed by atoms with Crippen LogP contribution in [0.25, 0.3) is 0 Å². The highest BCUT2D eigenvalue weighted by atomic mass is 32.2. The van der Waals surface area contributed by atoms with Crippen molar-refractivity contribution in [3.05, 3.63) is 0 Å². The quantitative estimate of drug-likeness (QED) is 0.768. The van der Waals surface area contributed by atoms with Gasteiger partial charge in [0.15, 0.2) is 5.17 Å². The Labute approximate surface area is 105 Å². The van der Waals surface area contributed by atoms with Crippen molar-refractivity contribution < 1.29 is 0 Å². The van der Waals surface area contributed by atoms with Gasteiger partial charge in [-0.05, 0) is 19.3 Å². The first kappa shape index (κ1) is 13.9. The van der Waals surface area contributed by atoms with Gasteiger partial charge in [-0.15, -0.1) is 0 Å². The molecule has 0 saturated carbocycles. The van der Waals surface area contributed by atoms with Gasteiger partial charge < -0.3 is 5.32 Å². The fourth-order valence-corrected chi connectivity index (χ4v) is 3.68. The fraction of sp³-hybridized carbons (Fsp3) is 0.923. The molecule has 1 heterocycles. The highest BCUT2D eigenvalue weighted by Gasteiger charge is 2.26. The zero-order chi connectivity index (χ0) is 12.0. The zero-order valence-corrected chi connectivity index (χ0v) is 11.9. The van der Waals surface area contributed by atoms with E-state index in [9.17, 15) is 0 Å². The Hall–Kier alpha value is -0.180. The second-order valence-electron chi connectivity index (χ2n) is 4.71. The lowest BCUT2D eigenvalue weighted by atomic mass is 9.99. The highest BCUT2D eigenvalue weighted by Crippen LogP contribution is 2.30. The molecule has 0 bridgehead atoms. The molecule has 2 atom stereocenters. The average molecular weight is 242 g/mol. The Morgan fingerprint density at radius 2 is 2.06 bits per heavy atom. The van der Waals surface area contributed by atoms with Gasteiger partial charge in [-0.3, -0.25) is 4.99 Å². The van der Waals surface area contributed by atoms with E-state index in [2.05, 4.69) is 38.0 Å². The Kier molecular flexibility index (Phi) is 6.25. The summed E-state index contributed by atoms with van der Waals surface area (Å²) in [7, 11) is 0. The standard InChI is InChI=1S/C13H26N2S/c1-5-8-10(4)15-13-14-9-12(16-13)11(6-2)7-3/h10-12H,5-9H2,1-4H3,(H,14,15). The van der Waals surface area contributed by atoms with Crippen molar-refractivity contribution in [2.24, 2.45) is 10.9 Å². The van der Waals surface area contributed by atoms with Crippen LogP contribution in [0.3, 0.4) is 0 Å². The maximum absolute atomic E-state index is 4.62. The molecule has 1 N–H and O–H groups in total. The number of amidine groups is 1. The molecule has 0 aliphatic carbocycles. The molecule has 0 saturated heterocycles. The monoisotopic (exact) mass is 242 g/mol. The van der Waals surface area contributed by atoms with E-state index in [4.69, 9.17) is 0 Å². The van der Waals surface area contributed by atoms with Crippen LogP contribution in [0.2, 0.25) is 0 Å². The predicted octanol–water partition coefficient (Wildman–Crippen LogP) is 3.67. The molecule has 0 aromatic rings. The molecule has 94 valence electrons. The first-order valence-electron chi connectivity index (χ1n) is 6.68. The number of hydrogen-bond acceptors (Lipinski definition) is 3. The van der Waals surface area contributed by atoms with Gasteiger partial charge in [0.25, 0.3) is 0 Å². The van der Waals surface area contributed by atoms with Crippen LogP contribution in [0.15, 0.2) is 4.99 Å². The lowest BCUT2D eigenvalue weighted by Gasteiger charge is -2.19. The third-order valence-electron chi connectivity index (χ3n) is 3.34. The lowest BCUT2D eigenvalue weighted by molar-refractivity contribution is 0.479. The van der Waals surface area contributed by atoms with E-state index in [-0.39, 0.29) is 0 Å². The molecule has 0 aromatic heterocycles. The molecule has 16 heavy (non-hydrogen) atoms. The second-order valence-corrected chi connectivity index (χ2v) is 5.94. The van der Waals surface area contributed by atoms with E-state index in [1.165, 1.54) is 30.9 Å². The van der Waals surface area contributed by atoms with Crippen molar-refractivity contribution in [2.75, 3.05) is 6.54 Å². The smallest absolute Gasteiger partial charge is 0.157 e. The topological polar surface area (TPSA) is 24.4 Å². The summed E-state index contributed by atoms with van der Waals surface area (Å²) in [6, 6.07) is 0.566. The number of hydrogen-bond donors (Lipinski definition) is 1. The van der Waals surface area contributed by atoms with Gasteiger partial charge in [0.05, 0.1) is 6.54 Å². The molecule has 1 aliphatic heterocycles. The van der Waals surface area contributed by atoms with Gasteiger partial charge in [-0.25, -0.2) is 0 Å². The van der Waals surface area contributed by atoms with Gasteiger partial charge in [0, 0.05) is 11.3 Å². The maximum atomic E-state index is 4.62. The lowest BCUT2D eigenvalue weighted by Crippen LogP contribution is -2.30. The molecule has 2 nitrogen and oxygen atoms in total. The van der Waals surface area contributed by atoms with Gasteiger partial charge in [0.1, 0.15) is 0 Å². The summed E-state index contributed by atoms with van der Waals surface area (Å²) < 4.78 is 0. The summed E-state index contributed by atoms with van der Waals surface area (Å²) in [4.78, 5) is 4.62. The molecule has 2 unspecified atom stereocenters. The van der Waals surface area contributed by atoms with E-state index in [1.807, 2.05) is 11.8 Å². The Morgan fingerprint density at radius 3 is 2.62 bits per heavy atom. The van der Waals surface area contributed by atoms with Crippen molar-refractivity contribution >= 4 is 16.9 Å². The summed E-state index contributed by atoms with van der Waals surface area (Å²) in [5.41, 5.74) is 0. The van der Waals surface area contributed by atoms with Crippen LogP contribution < -0.4 is 5.32 Å². The Morgan fingerprint density at radius 1 is 1.38 bits per heavy atom. The molecular formula is C13H26N2S. The fourth-order valence-electron chi connectivity index (χ4n) is 2.25. The van der Waals surface area contributed by atoms with Crippen LogP contribution in [0.4, 0.5) is 0 Å². The Balaban J connectivity index is 2.33. The Bertz CT molecular complexity index is 224. The minimum atomic E-state index is 0.566. The van der Waals surface area contributed by atoms with Crippen molar-refractivity contribution in [3.63, 3.8) is 0 Å². The summed E-state index contributed by atoms with van der Waals surface area (Å²) in [5, 5.41) is 5.42. The summed E-state index contributed by atoms with van der Waals surface area (Å²) in [6.45, 7) is 10.1. The van der Waals surface area contributed by atoms with E-state index < -0.39 is 0 Å². The molecule has 0 fully saturated rings. The number of aliphatic imine (C=N–C) groups is 1. The number of nitrogens with one attached hydrogen (secondary N) is 1. The summed E-state index contributed by atoms with van der Waals surface area (Å²) in [5.74, 6) is 0.828. The number of rotatable bonds is 6. The number of nitrogens with zero attached hydrogens (tertiary/aromatic N) is 1. The molecule has 1 aliphatic rings. The third kappa shape index (κ3) is 4.00. The normalized spacial score (nSPS) is 22.3. The van der Waals surface area contributed by atoms with E-state index in [0.29, 0.717) is 11.3 Å². The molecule has 0 spiro atoms. The minimum Gasteiger partial charge on any atom is -0.362 e. The maximum Gasteiger partial charge on any atom is 0.157 e. The second kappa shape index (κ2) is 7.21. The zero-order valence-electron chi connectivity index (χ0n) is 11.1. The summed E-state index contributed by atoms with van der Waals surface area (Å²) in [6.07, 6.45) is 5.03. The highest BCUT2D eigenvalue weighted by molar-refractivity contribution is 8.14. The molecule has 1 rings (SSSR count). The molecule has 0 amide bonds. The van der Waals surface area contributed by atoms with Crippen LogP contribution >= 0.6 is 11.8 Å². The number of thioether (sulfide) groups is 1. The minimum absolute atomic E-state index is 0.566. The largest absolute Gasteiger partial charge is 0.362 e. The summed E-state index contributed by atoms with van der Waals surface area (Å²) >= 11 is 1.96. The average Bonchev–Trinajstić information content (AvgIpc) is 2.68. The van der Waals surface area contributed by atoms with Crippen LogP contribution in [-0.2, 0) is 0 Å². The van der Waals surface area contributed by atoms with Crippen LogP contribution in [-0.4, -0.2) is 23.0 Å². The van der Waals surface area contributed by atoms with Crippen molar-refractivity contribution in [1.82, 2.24) is 5.32 Å². The van der Waals surface area contributed by atoms with E-state index in [1.54, 1.807) is 0 Å². The van der Waals surface area contributed by atoms with Gasteiger partial charge in [-0.1, -0.05) is 51.8 Å². The van der Waals surface area contributed by atoms with Crippen LogP contribution in [0.5, 0.6) is 0 Å². The van der Waals surface area contributed by atoms with Gasteiger partial charge in [-0.2, -0.15) is 0 Å². The molecule has 0 aromatic carbocycles. The van der Waals surface area contributed by atoms with Crippen molar-refractivity contribution in [3.8, 4) is 0 Å². The molecule has 3 heteroatoms. The SMILES string of the molecule is CCCC(C)NC1=NCC(C(CC)CC)S1. The van der Waals surface area contributed by atoms with Crippen molar-refractivity contribution in [1.29, 1.82) is 0 Å². The third-order valence-corrected chi connectivity index (χ3v) is 4.65. The van der Waals surface area contributed by atoms with E-state index in [0.717, 1.165) is 12.5 Å². The molecule has 0 radical (unpaired) electrons. The van der Waals surface area contributed by atoms with E-state index >= 15 is 0 Å². The van der Waals surface area contributed by atoms with Crippen LogP contribution in [0.1, 0.15) is 53.4 Å². The predicted molar refractivity (Wildman–Crippen MR) is 75.3 cm³/mol. The first-order chi connectivity index (χ1) is 7.71. The first-order valence-corrected chi connectivity index (χ1v) is 7.56. The van der Waals surface area contributed by atoms with Gasteiger partial charge >= 0.3 is 0 Å². The van der Waals surface area contributed by atoms with Crippen LogP contribution in [0, 0.1) is 5.92 Å². The molecular weight excluding hydrogens is 216 g/mol.